The largest absolute Gasteiger partial charge is 0.334 e. The third-order valence-electron chi connectivity index (χ3n) is 4.52. The predicted molar refractivity (Wildman–Crippen MR) is 90.4 cm³/mol. The van der Waals surface area contributed by atoms with Crippen LogP contribution in [0, 0.1) is 13.8 Å². The highest BCUT2D eigenvalue weighted by atomic mass is 16.2. The van der Waals surface area contributed by atoms with Crippen LogP contribution in [0.5, 0.6) is 0 Å². The number of hydrogen-bond donors (Lipinski definition) is 1. The number of likely N-dealkylation sites (tertiary alicyclic amines) is 1. The lowest BCUT2D eigenvalue weighted by atomic mass is 10.1. The lowest BCUT2D eigenvalue weighted by Gasteiger charge is -2.23. The average molecular weight is 312 g/mol. The summed E-state index contributed by atoms with van der Waals surface area (Å²) in [5, 5.41) is 4.49. The second-order valence-corrected chi connectivity index (χ2v) is 6.32. The van der Waals surface area contributed by atoms with E-state index < -0.39 is 0 Å². The fourth-order valence-corrected chi connectivity index (χ4v) is 3.32. The molecule has 1 amide bonds. The molecule has 0 radical (unpaired) electrons. The van der Waals surface area contributed by atoms with Crippen molar-refractivity contribution in [3.8, 4) is 0 Å². The van der Waals surface area contributed by atoms with Gasteiger partial charge in [-0.3, -0.25) is 9.48 Å². The normalized spacial score (nSPS) is 17.7. The quantitative estimate of drug-likeness (QED) is 0.940. The van der Waals surface area contributed by atoms with E-state index in [0.29, 0.717) is 13.1 Å². The number of amides is 1. The van der Waals surface area contributed by atoms with Gasteiger partial charge in [-0.1, -0.05) is 12.1 Å². The number of benzene rings is 1. The Morgan fingerprint density at radius 3 is 2.87 bits per heavy atom. The summed E-state index contributed by atoms with van der Waals surface area (Å²) >= 11 is 0. The fourth-order valence-electron chi connectivity index (χ4n) is 3.32. The Morgan fingerprint density at radius 1 is 1.35 bits per heavy atom. The average Bonchev–Trinajstić information content (AvgIpc) is 3.13. The number of nitrogens with zero attached hydrogens (tertiary/aromatic N) is 3. The van der Waals surface area contributed by atoms with E-state index in [1.54, 1.807) is 0 Å². The summed E-state index contributed by atoms with van der Waals surface area (Å²) in [5.74, 6) is 0.0909. The molecular formula is C18H24N4O. The van der Waals surface area contributed by atoms with Gasteiger partial charge in [0.2, 0.25) is 0 Å². The Bertz CT molecular complexity index is 707. The van der Waals surface area contributed by atoms with Gasteiger partial charge >= 0.3 is 0 Å². The van der Waals surface area contributed by atoms with Crippen molar-refractivity contribution < 1.29 is 4.79 Å². The number of nitrogens with two attached hydrogens (primary N) is 1. The van der Waals surface area contributed by atoms with E-state index >= 15 is 0 Å². The Labute approximate surface area is 137 Å². The predicted octanol–water partition coefficient (Wildman–Crippen LogP) is 2.11. The molecule has 3 rings (SSSR count). The molecule has 1 aromatic heterocycles. The highest BCUT2D eigenvalue weighted by Crippen LogP contribution is 2.20. The van der Waals surface area contributed by atoms with Crippen LogP contribution in [0.15, 0.2) is 30.3 Å². The van der Waals surface area contributed by atoms with E-state index in [2.05, 4.69) is 11.2 Å². The van der Waals surface area contributed by atoms with Crippen LogP contribution in [-0.2, 0) is 6.54 Å². The summed E-state index contributed by atoms with van der Waals surface area (Å²) in [6.07, 6.45) is 2.05. The molecule has 0 saturated carbocycles. The van der Waals surface area contributed by atoms with Gasteiger partial charge in [0.05, 0.1) is 12.2 Å². The Balaban J connectivity index is 1.79. The zero-order valence-corrected chi connectivity index (χ0v) is 13.8. The minimum atomic E-state index is 0.0909. The molecule has 5 heteroatoms. The van der Waals surface area contributed by atoms with Gasteiger partial charge in [0.15, 0.2) is 0 Å². The molecule has 1 aliphatic rings. The molecule has 1 atom stereocenters. The van der Waals surface area contributed by atoms with Crippen molar-refractivity contribution in [1.82, 2.24) is 14.7 Å². The zero-order chi connectivity index (χ0) is 16.4. The third-order valence-corrected chi connectivity index (χ3v) is 4.52. The second-order valence-electron chi connectivity index (χ2n) is 6.32. The van der Waals surface area contributed by atoms with Gasteiger partial charge in [-0.05, 0) is 50.5 Å². The summed E-state index contributed by atoms with van der Waals surface area (Å²) in [6.45, 7) is 6.07. The molecule has 122 valence electrons. The molecule has 0 aliphatic carbocycles. The smallest absolute Gasteiger partial charge is 0.254 e. The van der Waals surface area contributed by atoms with Gasteiger partial charge in [-0.25, -0.2) is 0 Å². The lowest BCUT2D eigenvalue weighted by Crippen LogP contribution is -2.39. The van der Waals surface area contributed by atoms with Crippen LogP contribution in [-0.4, -0.2) is 39.7 Å². The Kier molecular flexibility index (Phi) is 4.48. The molecule has 1 unspecified atom stereocenters. The first kappa shape index (κ1) is 15.7. The highest BCUT2D eigenvalue weighted by Gasteiger charge is 2.28. The van der Waals surface area contributed by atoms with Crippen molar-refractivity contribution in [2.24, 2.45) is 5.73 Å². The summed E-state index contributed by atoms with van der Waals surface area (Å²) in [4.78, 5) is 14.7. The van der Waals surface area contributed by atoms with Crippen molar-refractivity contribution in [3.05, 3.63) is 52.8 Å². The molecule has 1 aromatic carbocycles. The first-order chi connectivity index (χ1) is 11.1. The van der Waals surface area contributed by atoms with Gasteiger partial charge in [0.1, 0.15) is 0 Å². The number of hydrogen-bond acceptors (Lipinski definition) is 3. The van der Waals surface area contributed by atoms with Crippen LogP contribution < -0.4 is 5.73 Å². The molecule has 5 nitrogen and oxygen atoms in total. The first-order valence-electron chi connectivity index (χ1n) is 8.19. The summed E-state index contributed by atoms with van der Waals surface area (Å²) in [7, 11) is 0. The van der Waals surface area contributed by atoms with Gasteiger partial charge in [0, 0.05) is 30.4 Å². The summed E-state index contributed by atoms with van der Waals surface area (Å²) < 4.78 is 1.97. The molecule has 0 spiro atoms. The van der Waals surface area contributed by atoms with Gasteiger partial charge in [-0.15, -0.1) is 0 Å². The number of aryl methyl sites for hydroxylation is 2. The summed E-state index contributed by atoms with van der Waals surface area (Å²) in [6, 6.07) is 10.1. The topological polar surface area (TPSA) is 64.2 Å². The van der Waals surface area contributed by atoms with Crippen LogP contribution in [0.3, 0.4) is 0 Å². The number of carbonyl (C=O) groups is 1. The minimum absolute atomic E-state index is 0.0909. The van der Waals surface area contributed by atoms with Crippen LogP contribution in [0.2, 0.25) is 0 Å². The van der Waals surface area contributed by atoms with Gasteiger partial charge < -0.3 is 10.6 Å². The van der Waals surface area contributed by atoms with Crippen LogP contribution >= 0.6 is 0 Å². The lowest BCUT2D eigenvalue weighted by molar-refractivity contribution is 0.0741. The molecule has 2 heterocycles. The van der Waals surface area contributed by atoms with E-state index in [-0.39, 0.29) is 11.9 Å². The number of carbonyl (C=O) groups excluding carboxylic acids is 1. The van der Waals surface area contributed by atoms with Gasteiger partial charge in [0.25, 0.3) is 5.91 Å². The maximum Gasteiger partial charge on any atom is 0.254 e. The maximum absolute atomic E-state index is 12.7. The van der Waals surface area contributed by atoms with E-state index in [1.165, 1.54) is 0 Å². The molecule has 0 bridgehead atoms. The number of aromatic nitrogens is 2. The number of rotatable bonds is 4. The SMILES string of the molecule is Cc1cc(C)n(Cc2cccc(C(=O)N3CCCC3CN)c2)n1. The van der Waals surface area contributed by atoms with Crippen molar-refractivity contribution >= 4 is 5.91 Å². The maximum atomic E-state index is 12.7. The molecule has 1 fully saturated rings. The second kappa shape index (κ2) is 6.54. The zero-order valence-electron chi connectivity index (χ0n) is 13.8. The standard InChI is InChI=1S/C18H24N4O/c1-13-9-14(2)22(20-13)12-15-5-3-6-16(10-15)18(23)21-8-4-7-17(21)11-19/h3,5-6,9-10,17H,4,7-8,11-12,19H2,1-2H3. The highest BCUT2D eigenvalue weighted by molar-refractivity contribution is 5.94. The molecule has 2 aromatic rings. The Hall–Kier alpha value is -2.14. The van der Waals surface area contributed by atoms with Crippen molar-refractivity contribution in [2.45, 2.75) is 39.3 Å². The fraction of sp³-hybridized carbons (Fsp3) is 0.444. The molecule has 1 saturated heterocycles. The molecule has 2 N–H and O–H groups in total. The third kappa shape index (κ3) is 3.29. The van der Waals surface area contributed by atoms with Crippen molar-refractivity contribution in [3.63, 3.8) is 0 Å². The first-order valence-corrected chi connectivity index (χ1v) is 8.19. The van der Waals surface area contributed by atoms with Crippen LogP contribution in [0.1, 0.15) is 40.2 Å². The van der Waals surface area contributed by atoms with E-state index in [9.17, 15) is 4.79 Å². The van der Waals surface area contributed by atoms with Crippen molar-refractivity contribution in [2.75, 3.05) is 13.1 Å². The molecule has 1 aliphatic heterocycles. The minimum Gasteiger partial charge on any atom is -0.334 e. The van der Waals surface area contributed by atoms with Crippen LogP contribution in [0.4, 0.5) is 0 Å². The Morgan fingerprint density at radius 2 is 2.17 bits per heavy atom. The van der Waals surface area contributed by atoms with Gasteiger partial charge in [-0.2, -0.15) is 5.10 Å². The van der Waals surface area contributed by atoms with Crippen molar-refractivity contribution in [1.29, 1.82) is 0 Å². The monoisotopic (exact) mass is 312 g/mol. The van der Waals surface area contributed by atoms with E-state index in [0.717, 1.165) is 41.9 Å². The summed E-state index contributed by atoms with van der Waals surface area (Å²) in [5.41, 5.74) is 9.75. The van der Waals surface area contributed by atoms with E-state index in [4.69, 9.17) is 5.73 Å². The molecular weight excluding hydrogens is 288 g/mol. The van der Waals surface area contributed by atoms with E-state index in [1.807, 2.05) is 47.7 Å². The van der Waals surface area contributed by atoms with Crippen LogP contribution in [0.25, 0.3) is 0 Å². The molecule has 23 heavy (non-hydrogen) atoms.